The summed E-state index contributed by atoms with van der Waals surface area (Å²) in [6, 6.07) is 3.45. The first-order valence-corrected chi connectivity index (χ1v) is 6.53. The highest BCUT2D eigenvalue weighted by atomic mass is 35.5. The molecule has 1 atom stereocenters. The number of Topliss-reactive ketones (excluding diaryl/α,β-unsaturated/α-hetero) is 1. The molecule has 0 aliphatic carbocycles. The zero-order valence-corrected chi connectivity index (χ0v) is 12.4. The Morgan fingerprint density at radius 1 is 1.26 bits per heavy atom. The topological polar surface area (TPSA) is 44.8 Å². The van der Waals surface area contributed by atoms with Gasteiger partial charge in [-0.15, -0.1) is 0 Å². The molecule has 0 heterocycles. The van der Waals surface area contributed by atoms with Gasteiger partial charge in [0.25, 0.3) is 0 Å². The summed E-state index contributed by atoms with van der Waals surface area (Å²) in [5, 5.41) is 0.349. The monoisotopic (exact) mass is 286 g/mol. The maximum atomic E-state index is 12.0. The molecule has 1 aromatic rings. The van der Waals surface area contributed by atoms with E-state index < -0.39 is 6.10 Å². The van der Waals surface area contributed by atoms with E-state index in [-0.39, 0.29) is 5.78 Å². The van der Waals surface area contributed by atoms with Crippen LogP contribution in [0.2, 0.25) is 5.02 Å². The summed E-state index contributed by atoms with van der Waals surface area (Å²) in [6.45, 7) is 4.06. The van der Waals surface area contributed by atoms with Gasteiger partial charge in [-0.3, -0.25) is 4.79 Å². The smallest absolute Gasteiger partial charge is 0.179 e. The van der Waals surface area contributed by atoms with E-state index in [2.05, 4.69) is 0 Å². The Morgan fingerprint density at radius 2 is 1.95 bits per heavy atom. The molecule has 0 saturated heterocycles. The van der Waals surface area contributed by atoms with Crippen LogP contribution in [0.3, 0.4) is 0 Å². The van der Waals surface area contributed by atoms with Crippen molar-refractivity contribution in [1.82, 2.24) is 0 Å². The number of hydrogen-bond acceptors (Lipinski definition) is 4. The Morgan fingerprint density at radius 3 is 2.42 bits per heavy atom. The SMILES string of the molecule is CCOC(C(=O)CC)c1ccc(OC)c(OC)c1Cl. The largest absolute Gasteiger partial charge is 0.493 e. The molecule has 1 rings (SSSR count). The van der Waals surface area contributed by atoms with E-state index in [4.69, 9.17) is 25.8 Å². The highest BCUT2D eigenvalue weighted by Gasteiger charge is 2.25. The zero-order valence-electron chi connectivity index (χ0n) is 11.7. The molecule has 0 aromatic heterocycles. The van der Waals surface area contributed by atoms with Gasteiger partial charge in [0.05, 0.1) is 19.2 Å². The van der Waals surface area contributed by atoms with Crippen molar-refractivity contribution in [3.8, 4) is 11.5 Å². The first-order chi connectivity index (χ1) is 9.10. The summed E-state index contributed by atoms with van der Waals surface area (Å²) in [7, 11) is 3.04. The van der Waals surface area contributed by atoms with Gasteiger partial charge in [0.1, 0.15) is 6.10 Å². The number of carbonyl (C=O) groups is 1. The Balaban J connectivity index is 3.27. The molecular weight excluding hydrogens is 268 g/mol. The Kier molecular flexibility index (Phi) is 6.12. The molecule has 0 aliphatic rings. The third-order valence-electron chi connectivity index (χ3n) is 2.77. The van der Waals surface area contributed by atoms with Gasteiger partial charge in [-0.1, -0.05) is 24.6 Å². The van der Waals surface area contributed by atoms with Crippen LogP contribution in [0, 0.1) is 0 Å². The van der Waals surface area contributed by atoms with Crippen LogP contribution in [-0.2, 0) is 9.53 Å². The van der Waals surface area contributed by atoms with E-state index in [1.807, 2.05) is 6.92 Å². The molecule has 0 radical (unpaired) electrons. The molecule has 0 fully saturated rings. The minimum absolute atomic E-state index is 0.0176. The Hall–Kier alpha value is -1.26. The lowest BCUT2D eigenvalue weighted by molar-refractivity contribution is -0.130. The van der Waals surface area contributed by atoms with Crippen molar-refractivity contribution < 1.29 is 19.0 Å². The lowest BCUT2D eigenvalue weighted by Gasteiger charge is -2.19. The van der Waals surface area contributed by atoms with E-state index in [1.165, 1.54) is 14.2 Å². The fraction of sp³-hybridized carbons (Fsp3) is 0.500. The van der Waals surface area contributed by atoms with Crippen LogP contribution < -0.4 is 9.47 Å². The van der Waals surface area contributed by atoms with E-state index in [9.17, 15) is 4.79 Å². The predicted molar refractivity (Wildman–Crippen MR) is 74.2 cm³/mol. The molecule has 4 nitrogen and oxygen atoms in total. The zero-order chi connectivity index (χ0) is 14.4. The second kappa shape index (κ2) is 7.36. The van der Waals surface area contributed by atoms with Crippen molar-refractivity contribution in [3.63, 3.8) is 0 Å². The number of ketones is 1. The molecule has 106 valence electrons. The van der Waals surface area contributed by atoms with E-state index >= 15 is 0 Å². The van der Waals surface area contributed by atoms with Crippen molar-refractivity contribution in [3.05, 3.63) is 22.7 Å². The molecule has 0 amide bonds. The maximum absolute atomic E-state index is 12.0. The summed E-state index contributed by atoms with van der Waals surface area (Å²) in [5.41, 5.74) is 0.605. The second-order valence-corrected chi connectivity index (χ2v) is 4.24. The van der Waals surface area contributed by atoms with E-state index in [0.717, 1.165) is 0 Å². The summed E-state index contributed by atoms with van der Waals surface area (Å²) >= 11 is 6.29. The molecule has 5 heteroatoms. The lowest BCUT2D eigenvalue weighted by atomic mass is 10.0. The molecule has 0 aliphatic heterocycles. The van der Waals surface area contributed by atoms with Gasteiger partial charge in [-0.2, -0.15) is 0 Å². The first kappa shape index (κ1) is 15.8. The first-order valence-electron chi connectivity index (χ1n) is 6.15. The van der Waals surface area contributed by atoms with Crippen LogP contribution in [0.4, 0.5) is 0 Å². The number of carbonyl (C=O) groups excluding carboxylic acids is 1. The Labute approximate surface area is 118 Å². The van der Waals surface area contributed by atoms with Crippen molar-refractivity contribution in [1.29, 1.82) is 0 Å². The average molecular weight is 287 g/mol. The van der Waals surface area contributed by atoms with Crippen LogP contribution in [0.1, 0.15) is 31.9 Å². The van der Waals surface area contributed by atoms with Gasteiger partial charge in [0, 0.05) is 18.6 Å². The quantitative estimate of drug-likeness (QED) is 0.770. The molecule has 1 aromatic carbocycles. The molecule has 0 bridgehead atoms. The van der Waals surface area contributed by atoms with Gasteiger partial charge < -0.3 is 14.2 Å². The summed E-state index contributed by atoms with van der Waals surface area (Å²) in [5.74, 6) is 0.918. The molecular formula is C14H19ClO4. The van der Waals surface area contributed by atoms with Crippen molar-refractivity contribution in [2.75, 3.05) is 20.8 Å². The number of methoxy groups -OCH3 is 2. The van der Waals surface area contributed by atoms with Gasteiger partial charge in [0.15, 0.2) is 17.3 Å². The third-order valence-corrected chi connectivity index (χ3v) is 3.16. The van der Waals surface area contributed by atoms with Crippen LogP contribution >= 0.6 is 11.6 Å². The van der Waals surface area contributed by atoms with Gasteiger partial charge in [0.2, 0.25) is 0 Å². The molecule has 1 unspecified atom stereocenters. The lowest BCUT2D eigenvalue weighted by Crippen LogP contribution is -2.16. The summed E-state index contributed by atoms with van der Waals surface area (Å²) in [6.07, 6.45) is -0.280. The van der Waals surface area contributed by atoms with Crippen molar-refractivity contribution >= 4 is 17.4 Å². The summed E-state index contributed by atoms with van der Waals surface area (Å²) in [4.78, 5) is 12.0. The average Bonchev–Trinajstić information content (AvgIpc) is 2.44. The van der Waals surface area contributed by atoms with Gasteiger partial charge >= 0.3 is 0 Å². The standard InChI is InChI=1S/C14H19ClO4/c1-5-10(16)13(19-6-2)9-7-8-11(17-3)14(18-4)12(9)15/h7-8,13H,5-6H2,1-4H3. The number of halogens is 1. The fourth-order valence-corrected chi connectivity index (χ4v) is 2.15. The normalized spacial score (nSPS) is 12.1. The highest BCUT2D eigenvalue weighted by Crippen LogP contribution is 2.40. The summed E-state index contributed by atoms with van der Waals surface area (Å²) < 4.78 is 15.9. The predicted octanol–water partition coefficient (Wildman–Crippen LogP) is 3.41. The second-order valence-electron chi connectivity index (χ2n) is 3.86. The minimum Gasteiger partial charge on any atom is -0.493 e. The highest BCUT2D eigenvalue weighted by molar-refractivity contribution is 6.33. The van der Waals surface area contributed by atoms with Gasteiger partial charge in [-0.05, 0) is 13.0 Å². The number of hydrogen-bond donors (Lipinski definition) is 0. The van der Waals surface area contributed by atoms with E-state index in [1.54, 1.807) is 19.1 Å². The number of rotatable bonds is 7. The van der Waals surface area contributed by atoms with Crippen molar-refractivity contribution in [2.45, 2.75) is 26.4 Å². The number of ether oxygens (including phenoxy) is 3. The number of benzene rings is 1. The molecule has 19 heavy (non-hydrogen) atoms. The molecule has 0 N–H and O–H groups in total. The third kappa shape index (κ3) is 3.39. The van der Waals surface area contributed by atoms with E-state index in [0.29, 0.717) is 35.1 Å². The Bertz CT molecular complexity index is 445. The van der Waals surface area contributed by atoms with Crippen LogP contribution in [0.15, 0.2) is 12.1 Å². The fourth-order valence-electron chi connectivity index (χ4n) is 1.82. The maximum Gasteiger partial charge on any atom is 0.179 e. The van der Waals surface area contributed by atoms with Crippen LogP contribution in [0.5, 0.6) is 11.5 Å². The van der Waals surface area contributed by atoms with Crippen LogP contribution in [0.25, 0.3) is 0 Å². The molecule has 0 spiro atoms. The minimum atomic E-state index is -0.665. The van der Waals surface area contributed by atoms with Gasteiger partial charge in [-0.25, -0.2) is 0 Å². The van der Waals surface area contributed by atoms with Crippen molar-refractivity contribution in [2.24, 2.45) is 0 Å². The van der Waals surface area contributed by atoms with Crippen LogP contribution in [-0.4, -0.2) is 26.6 Å². The molecule has 0 saturated carbocycles.